The highest BCUT2D eigenvalue weighted by molar-refractivity contribution is 7.89. The molecule has 2 N–H and O–H groups in total. The lowest BCUT2D eigenvalue weighted by Gasteiger charge is -2.27. The minimum absolute atomic E-state index is 0.292. The Balaban J connectivity index is 2.46. The van der Waals surface area contributed by atoms with E-state index in [2.05, 4.69) is 0 Å². The molecule has 1 aromatic carbocycles. The maximum absolute atomic E-state index is 12.7. The average molecular weight is 302 g/mol. The first-order valence-corrected chi connectivity index (χ1v) is 8.97. The molecule has 106 valence electrons. The number of rotatable bonds is 2. The number of benzene rings is 1. The molecule has 1 saturated heterocycles. The molecule has 0 radical (unpaired) electrons. The molecule has 0 bridgehead atoms. The molecular weight excluding hydrogens is 284 g/mol. The molecule has 0 aliphatic carbocycles. The van der Waals surface area contributed by atoms with Crippen molar-refractivity contribution in [3.63, 3.8) is 0 Å². The molecule has 0 aromatic heterocycles. The number of hydrogen-bond acceptors (Lipinski definition) is 4. The zero-order chi connectivity index (χ0) is 14.2. The van der Waals surface area contributed by atoms with Crippen LogP contribution in [0.15, 0.2) is 17.0 Å². The van der Waals surface area contributed by atoms with Gasteiger partial charge < -0.3 is 5.73 Å². The third-order valence-corrected chi connectivity index (χ3v) is 6.84. The highest BCUT2D eigenvalue weighted by Crippen LogP contribution is 2.28. The van der Waals surface area contributed by atoms with Crippen LogP contribution in [0.25, 0.3) is 0 Å². The molecular formula is C12H18N2O3S2. The Morgan fingerprint density at radius 1 is 1.21 bits per heavy atom. The lowest BCUT2D eigenvalue weighted by atomic mass is 10.1. The van der Waals surface area contributed by atoms with Gasteiger partial charge in [0.25, 0.3) is 0 Å². The third kappa shape index (κ3) is 2.68. The van der Waals surface area contributed by atoms with Gasteiger partial charge >= 0.3 is 0 Å². The van der Waals surface area contributed by atoms with Crippen LogP contribution in [0.2, 0.25) is 0 Å². The van der Waals surface area contributed by atoms with Crippen LogP contribution in [0.1, 0.15) is 11.1 Å². The summed E-state index contributed by atoms with van der Waals surface area (Å²) in [6.45, 7) is 4.10. The molecule has 1 fully saturated rings. The molecule has 1 heterocycles. The van der Waals surface area contributed by atoms with Crippen molar-refractivity contribution in [3.05, 3.63) is 23.3 Å². The van der Waals surface area contributed by atoms with Gasteiger partial charge in [0.05, 0.1) is 4.90 Å². The third-order valence-electron chi connectivity index (χ3n) is 3.38. The van der Waals surface area contributed by atoms with E-state index in [0.717, 1.165) is 0 Å². The number of anilines is 1. The van der Waals surface area contributed by atoms with E-state index in [1.54, 1.807) is 26.0 Å². The van der Waals surface area contributed by atoms with Crippen molar-refractivity contribution in [1.29, 1.82) is 0 Å². The summed E-state index contributed by atoms with van der Waals surface area (Å²) in [5.41, 5.74) is 7.57. The van der Waals surface area contributed by atoms with Crippen LogP contribution in [0.3, 0.4) is 0 Å². The number of aryl methyl sites for hydroxylation is 1. The summed E-state index contributed by atoms with van der Waals surface area (Å²) in [6.07, 6.45) is 0. The van der Waals surface area contributed by atoms with Crippen LogP contribution >= 0.6 is 0 Å². The zero-order valence-corrected chi connectivity index (χ0v) is 12.7. The van der Waals surface area contributed by atoms with Crippen LogP contribution in [-0.4, -0.2) is 41.5 Å². The van der Waals surface area contributed by atoms with Gasteiger partial charge in [0.1, 0.15) is 0 Å². The van der Waals surface area contributed by atoms with Crippen molar-refractivity contribution in [1.82, 2.24) is 4.31 Å². The van der Waals surface area contributed by atoms with Gasteiger partial charge in [0.2, 0.25) is 10.0 Å². The van der Waals surface area contributed by atoms with Crippen molar-refractivity contribution in [2.24, 2.45) is 0 Å². The Morgan fingerprint density at radius 3 is 2.37 bits per heavy atom. The first-order chi connectivity index (χ1) is 8.84. The van der Waals surface area contributed by atoms with Crippen LogP contribution in [-0.2, 0) is 20.8 Å². The summed E-state index contributed by atoms with van der Waals surface area (Å²) < 4.78 is 38.1. The summed E-state index contributed by atoms with van der Waals surface area (Å²) in [5, 5.41) is 0. The van der Waals surface area contributed by atoms with Gasteiger partial charge in [-0.15, -0.1) is 0 Å². The molecule has 0 atom stereocenters. The summed E-state index contributed by atoms with van der Waals surface area (Å²) in [4.78, 5) is 0.292. The van der Waals surface area contributed by atoms with Gasteiger partial charge in [0.15, 0.2) is 0 Å². The summed E-state index contributed by atoms with van der Waals surface area (Å²) in [5.74, 6) is 0.805. The van der Waals surface area contributed by atoms with E-state index < -0.39 is 20.8 Å². The molecule has 1 aliphatic heterocycles. The van der Waals surface area contributed by atoms with Gasteiger partial charge in [0, 0.05) is 41.1 Å². The van der Waals surface area contributed by atoms with E-state index in [1.165, 1.54) is 4.31 Å². The molecule has 2 rings (SSSR count). The van der Waals surface area contributed by atoms with E-state index in [9.17, 15) is 12.6 Å². The zero-order valence-electron chi connectivity index (χ0n) is 11.0. The Kier molecular flexibility index (Phi) is 3.98. The molecule has 0 spiro atoms. The number of nitrogen functional groups attached to an aromatic ring is 1. The molecule has 1 aliphatic rings. The van der Waals surface area contributed by atoms with Gasteiger partial charge in [-0.05, 0) is 31.0 Å². The summed E-state index contributed by atoms with van der Waals surface area (Å²) in [7, 11) is -4.45. The van der Waals surface area contributed by atoms with Gasteiger partial charge in [-0.2, -0.15) is 4.31 Å². The standard InChI is InChI=1S/C12H18N2O3S2/c1-9-3-4-11(13)10(2)12(9)19(16,17)14-5-7-18(15)8-6-14/h3-4H,5-8,13H2,1-2H3. The Bertz CT molecular complexity index is 616. The molecule has 1 aromatic rings. The lowest BCUT2D eigenvalue weighted by Crippen LogP contribution is -2.42. The number of nitrogens with zero attached hydrogens (tertiary/aromatic N) is 1. The first kappa shape index (κ1) is 14.5. The second kappa shape index (κ2) is 5.22. The predicted molar refractivity (Wildman–Crippen MR) is 77.0 cm³/mol. The number of sulfonamides is 1. The SMILES string of the molecule is Cc1ccc(N)c(C)c1S(=O)(=O)N1CCS(=O)CC1. The second-order valence-electron chi connectivity index (χ2n) is 4.68. The van der Waals surface area contributed by atoms with Crippen LogP contribution < -0.4 is 5.73 Å². The van der Waals surface area contributed by atoms with Crippen LogP contribution in [0, 0.1) is 13.8 Å². The fourth-order valence-electron chi connectivity index (χ4n) is 2.23. The Labute approximate surface area is 116 Å². The van der Waals surface area contributed by atoms with E-state index >= 15 is 0 Å². The monoisotopic (exact) mass is 302 g/mol. The summed E-state index contributed by atoms with van der Waals surface area (Å²) in [6, 6.07) is 3.44. The molecule has 0 amide bonds. The molecule has 7 heteroatoms. The highest BCUT2D eigenvalue weighted by Gasteiger charge is 2.30. The number of nitrogens with two attached hydrogens (primary N) is 1. The average Bonchev–Trinajstić information content (AvgIpc) is 2.34. The Morgan fingerprint density at radius 2 is 1.79 bits per heavy atom. The second-order valence-corrected chi connectivity index (χ2v) is 8.25. The maximum Gasteiger partial charge on any atom is 0.243 e. The van der Waals surface area contributed by atoms with E-state index in [-0.39, 0.29) is 0 Å². The molecule has 0 unspecified atom stereocenters. The number of hydrogen-bond donors (Lipinski definition) is 1. The topological polar surface area (TPSA) is 80.5 Å². The van der Waals surface area contributed by atoms with Gasteiger partial charge in [-0.3, -0.25) is 4.21 Å². The Hall–Kier alpha value is -0.920. The molecule has 5 nitrogen and oxygen atoms in total. The van der Waals surface area contributed by atoms with Crippen molar-refractivity contribution in [2.75, 3.05) is 30.3 Å². The van der Waals surface area contributed by atoms with E-state index in [0.29, 0.717) is 46.3 Å². The van der Waals surface area contributed by atoms with Crippen LogP contribution in [0.5, 0.6) is 0 Å². The van der Waals surface area contributed by atoms with Gasteiger partial charge in [-0.1, -0.05) is 6.07 Å². The van der Waals surface area contributed by atoms with E-state index in [1.807, 2.05) is 0 Å². The fraction of sp³-hybridized carbons (Fsp3) is 0.500. The summed E-state index contributed by atoms with van der Waals surface area (Å²) >= 11 is 0. The molecule has 0 saturated carbocycles. The molecule has 19 heavy (non-hydrogen) atoms. The minimum Gasteiger partial charge on any atom is -0.398 e. The van der Waals surface area contributed by atoms with Crippen molar-refractivity contribution >= 4 is 26.5 Å². The predicted octanol–water partition coefficient (Wildman–Crippen LogP) is 0.639. The smallest absolute Gasteiger partial charge is 0.243 e. The van der Waals surface area contributed by atoms with Crippen molar-refractivity contribution in [3.8, 4) is 0 Å². The van der Waals surface area contributed by atoms with Crippen molar-refractivity contribution in [2.45, 2.75) is 18.7 Å². The van der Waals surface area contributed by atoms with Gasteiger partial charge in [-0.25, -0.2) is 8.42 Å². The van der Waals surface area contributed by atoms with Crippen LogP contribution in [0.4, 0.5) is 5.69 Å². The normalized spacial score (nSPS) is 18.6. The first-order valence-electron chi connectivity index (χ1n) is 6.05. The minimum atomic E-state index is -3.55. The highest BCUT2D eigenvalue weighted by atomic mass is 32.2. The quantitative estimate of drug-likeness (QED) is 0.813. The maximum atomic E-state index is 12.7. The fourth-order valence-corrected chi connectivity index (χ4v) is 5.41. The van der Waals surface area contributed by atoms with E-state index in [4.69, 9.17) is 5.73 Å². The lowest BCUT2D eigenvalue weighted by molar-refractivity contribution is 0.438. The largest absolute Gasteiger partial charge is 0.398 e. The van der Waals surface area contributed by atoms with Crippen molar-refractivity contribution < 1.29 is 12.6 Å².